The topological polar surface area (TPSA) is 65.8 Å². The summed E-state index contributed by atoms with van der Waals surface area (Å²) in [5.41, 5.74) is 3.52. The Labute approximate surface area is 199 Å². The molecule has 34 heavy (non-hydrogen) atoms. The molecule has 7 heteroatoms. The molecule has 0 radical (unpaired) electrons. The maximum Gasteiger partial charge on any atom is 0.350 e. The zero-order chi connectivity index (χ0) is 23.6. The van der Waals surface area contributed by atoms with Crippen molar-refractivity contribution in [1.29, 1.82) is 0 Å². The molecule has 0 saturated heterocycles. The molecule has 0 aliphatic rings. The molecule has 4 aromatic rings. The third-order valence-electron chi connectivity index (χ3n) is 5.03. The molecule has 0 N–H and O–H groups in total. The highest BCUT2D eigenvalue weighted by atomic mass is 16.5. The number of hydrogen-bond donors (Lipinski definition) is 0. The summed E-state index contributed by atoms with van der Waals surface area (Å²) >= 11 is 0. The number of aromatic nitrogens is 1. The van der Waals surface area contributed by atoms with Gasteiger partial charge in [-0.3, -0.25) is 0 Å². The zero-order valence-corrected chi connectivity index (χ0v) is 19.3. The van der Waals surface area contributed by atoms with E-state index in [0.717, 1.165) is 34.3 Å². The van der Waals surface area contributed by atoms with Gasteiger partial charge >= 0.3 is 5.82 Å². The highest BCUT2D eigenvalue weighted by Crippen LogP contribution is 2.22. The van der Waals surface area contributed by atoms with Crippen LogP contribution in [-0.2, 0) is 6.54 Å². The van der Waals surface area contributed by atoms with Gasteiger partial charge in [0, 0.05) is 25.8 Å². The molecule has 4 rings (SSSR count). The van der Waals surface area contributed by atoms with Crippen molar-refractivity contribution < 1.29 is 9.30 Å². The molecule has 1 heterocycles. The van der Waals surface area contributed by atoms with E-state index in [1.54, 1.807) is 0 Å². The molecule has 0 unspecified atom stereocenters. The first kappa shape index (κ1) is 22.8. The van der Waals surface area contributed by atoms with E-state index in [2.05, 4.69) is 25.4 Å². The molecule has 170 valence electrons. The highest BCUT2D eigenvalue weighted by molar-refractivity contribution is 5.51. The van der Waals surface area contributed by atoms with Gasteiger partial charge in [-0.1, -0.05) is 24.3 Å². The Morgan fingerprint density at radius 3 is 1.91 bits per heavy atom. The number of nitrogens with zero attached hydrogens (tertiary/aromatic N) is 6. The van der Waals surface area contributed by atoms with Crippen molar-refractivity contribution in [3.63, 3.8) is 0 Å². The van der Waals surface area contributed by atoms with Crippen LogP contribution in [0.1, 0.15) is 0 Å². The summed E-state index contributed by atoms with van der Waals surface area (Å²) in [6, 6.07) is 31.0. The Bertz CT molecular complexity index is 1240. The highest BCUT2D eigenvalue weighted by Gasteiger charge is 2.09. The van der Waals surface area contributed by atoms with Crippen LogP contribution in [0, 0.1) is 0 Å². The molecular formula is C27H27N6O+. The van der Waals surface area contributed by atoms with Crippen molar-refractivity contribution in [2.75, 3.05) is 25.6 Å². The first-order valence-electron chi connectivity index (χ1n) is 11.0. The Morgan fingerprint density at radius 2 is 1.24 bits per heavy atom. The lowest BCUT2D eigenvalue weighted by Crippen LogP contribution is -2.36. The fraction of sp³-hybridized carbons (Fsp3) is 0.148. The molecule has 7 nitrogen and oxygen atoms in total. The van der Waals surface area contributed by atoms with E-state index in [4.69, 9.17) is 4.74 Å². The lowest BCUT2D eigenvalue weighted by Gasteiger charge is -2.11. The van der Waals surface area contributed by atoms with Crippen LogP contribution in [0.5, 0.6) is 5.75 Å². The summed E-state index contributed by atoms with van der Waals surface area (Å²) in [6.45, 7) is 1.14. The third kappa shape index (κ3) is 6.56. The maximum absolute atomic E-state index is 5.91. The van der Waals surface area contributed by atoms with Crippen molar-refractivity contribution in [2.45, 2.75) is 6.54 Å². The van der Waals surface area contributed by atoms with Gasteiger partial charge in [-0.2, -0.15) is 10.2 Å². The van der Waals surface area contributed by atoms with E-state index in [1.807, 2.05) is 122 Å². The van der Waals surface area contributed by atoms with E-state index < -0.39 is 0 Å². The Morgan fingerprint density at radius 1 is 0.647 bits per heavy atom. The average molecular weight is 452 g/mol. The number of rotatable bonds is 9. The van der Waals surface area contributed by atoms with Crippen molar-refractivity contribution >= 4 is 28.6 Å². The molecule has 0 aliphatic heterocycles. The summed E-state index contributed by atoms with van der Waals surface area (Å²) in [5, 5.41) is 17.3. The minimum Gasteiger partial charge on any atom is -0.489 e. The first-order valence-corrected chi connectivity index (χ1v) is 11.0. The molecule has 0 saturated carbocycles. The van der Waals surface area contributed by atoms with Crippen LogP contribution in [-0.4, -0.2) is 20.7 Å². The van der Waals surface area contributed by atoms with Gasteiger partial charge in [0.25, 0.3) is 0 Å². The molecule has 0 amide bonds. The van der Waals surface area contributed by atoms with Crippen LogP contribution in [0.15, 0.2) is 124 Å². The summed E-state index contributed by atoms with van der Waals surface area (Å²) in [4.78, 5) is 2.05. The number of hydrogen-bond acceptors (Lipinski definition) is 6. The van der Waals surface area contributed by atoms with Gasteiger partial charge in [0.1, 0.15) is 24.6 Å². The van der Waals surface area contributed by atoms with Gasteiger partial charge in [0.15, 0.2) is 0 Å². The van der Waals surface area contributed by atoms with Gasteiger partial charge in [0.2, 0.25) is 0 Å². The van der Waals surface area contributed by atoms with Crippen LogP contribution < -0.4 is 14.2 Å². The SMILES string of the molecule is CN(C)c1ccc(N=Nc2cccc[n+]2CCOc2ccc(N=Nc3ccccc3)cc2)cc1. The summed E-state index contributed by atoms with van der Waals surface area (Å²) in [6.07, 6.45) is 1.97. The quantitative estimate of drug-likeness (QED) is 0.204. The summed E-state index contributed by atoms with van der Waals surface area (Å²) < 4.78 is 7.93. The van der Waals surface area contributed by atoms with Crippen molar-refractivity contribution in [3.05, 3.63) is 103 Å². The van der Waals surface area contributed by atoms with Crippen LogP contribution in [0.4, 0.5) is 28.6 Å². The van der Waals surface area contributed by atoms with Gasteiger partial charge in [-0.25, -0.2) is 4.57 Å². The van der Waals surface area contributed by atoms with Crippen LogP contribution in [0.2, 0.25) is 0 Å². The standard InChI is InChI=1S/C27H27N6O/c1-32(2)25-15-11-23(12-16-25)30-31-27-10-6-7-19-33(27)20-21-34-26-17-13-24(14-18-26)29-28-22-8-4-3-5-9-22/h3-19H,20-21H2,1-2H3/q+1. The average Bonchev–Trinajstić information content (AvgIpc) is 2.88. The van der Waals surface area contributed by atoms with Crippen LogP contribution in [0.3, 0.4) is 0 Å². The number of anilines is 1. The van der Waals surface area contributed by atoms with Crippen molar-refractivity contribution in [2.24, 2.45) is 20.5 Å². The number of benzene rings is 3. The second-order valence-corrected chi connectivity index (χ2v) is 7.74. The normalized spacial score (nSPS) is 11.2. The van der Waals surface area contributed by atoms with Crippen molar-refractivity contribution in [1.82, 2.24) is 0 Å². The van der Waals surface area contributed by atoms with Gasteiger partial charge < -0.3 is 9.64 Å². The van der Waals surface area contributed by atoms with Crippen LogP contribution in [0.25, 0.3) is 0 Å². The first-order chi connectivity index (χ1) is 16.7. The maximum atomic E-state index is 5.91. The summed E-state index contributed by atoms with van der Waals surface area (Å²) in [7, 11) is 4.02. The lowest BCUT2D eigenvalue weighted by atomic mass is 10.3. The second-order valence-electron chi connectivity index (χ2n) is 7.74. The molecule has 0 atom stereocenters. The smallest absolute Gasteiger partial charge is 0.350 e. The third-order valence-corrected chi connectivity index (χ3v) is 5.03. The fourth-order valence-electron chi connectivity index (χ4n) is 3.15. The van der Waals surface area contributed by atoms with E-state index in [-0.39, 0.29) is 0 Å². The zero-order valence-electron chi connectivity index (χ0n) is 19.3. The Kier molecular flexibility index (Phi) is 7.69. The summed E-state index contributed by atoms with van der Waals surface area (Å²) in [5.74, 6) is 1.54. The monoisotopic (exact) mass is 451 g/mol. The number of ether oxygens (including phenoxy) is 1. The molecule has 1 aromatic heterocycles. The molecule has 0 bridgehead atoms. The minimum absolute atomic E-state index is 0.500. The van der Waals surface area contributed by atoms with E-state index >= 15 is 0 Å². The Hall–Kier alpha value is -4.39. The van der Waals surface area contributed by atoms with Gasteiger partial charge in [-0.15, -0.1) is 0 Å². The van der Waals surface area contributed by atoms with E-state index in [9.17, 15) is 0 Å². The molecule has 0 spiro atoms. The molecular weight excluding hydrogens is 424 g/mol. The van der Waals surface area contributed by atoms with E-state index in [0.29, 0.717) is 13.2 Å². The Balaban J connectivity index is 1.32. The largest absolute Gasteiger partial charge is 0.489 e. The van der Waals surface area contributed by atoms with Gasteiger partial charge in [-0.05, 0) is 71.8 Å². The van der Waals surface area contributed by atoms with Gasteiger partial charge in [0.05, 0.1) is 22.7 Å². The molecule has 3 aromatic carbocycles. The fourth-order valence-corrected chi connectivity index (χ4v) is 3.15. The van der Waals surface area contributed by atoms with E-state index in [1.165, 1.54) is 0 Å². The van der Waals surface area contributed by atoms with Crippen LogP contribution >= 0.6 is 0 Å². The number of azo groups is 2. The number of pyridine rings is 1. The predicted octanol–water partition coefficient (Wildman–Crippen LogP) is 6.95. The second kappa shape index (κ2) is 11.5. The predicted molar refractivity (Wildman–Crippen MR) is 134 cm³/mol. The van der Waals surface area contributed by atoms with Crippen molar-refractivity contribution in [3.8, 4) is 5.75 Å². The molecule has 0 fully saturated rings. The lowest BCUT2D eigenvalue weighted by molar-refractivity contribution is -0.685. The minimum atomic E-state index is 0.500. The molecule has 0 aliphatic carbocycles.